The summed E-state index contributed by atoms with van der Waals surface area (Å²) < 4.78 is 27.0. The van der Waals surface area contributed by atoms with Gasteiger partial charge in [0.25, 0.3) is 5.91 Å². The lowest BCUT2D eigenvalue weighted by atomic mass is 9.93. The van der Waals surface area contributed by atoms with E-state index in [-0.39, 0.29) is 22.8 Å². The molecule has 1 aromatic rings. The molecule has 1 aliphatic rings. The first-order valence-corrected chi connectivity index (χ1v) is 6.71. The lowest BCUT2D eigenvalue weighted by molar-refractivity contribution is -0.125. The second-order valence-corrected chi connectivity index (χ2v) is 5.15. The van der Waals surface area contributed by atoms with Crippen molar-refractivity contribution in [2.45, 2.75) is 26.7 Å². The molecule has 108 valence electrons. The van der Waals surface area contributed by atoms with Crippen LogP contribution in [0, 0.1) is 24.5 Å². The first-order chi connectivity index (χ1) is 9.43. The Morgan fingerprint density at radius 1 is 1.35 bits per heavy atom. The summed E-state index contributed by atoms with van der Waals surface area (Å²) in [5.41, 5.74) is 0.1000. The van der Waals surface area contributed by atoms with E-state index in [0.717, 1.165) is 6.07 Å². The van der Waals surface area contributed by atoms with Crippen molar-refractivity contribution in [3.8, 4) is 0 Å². The zero-order valence-electron chi connectivity index (χ0n) is 11.6. The van der Waals surface area contributed by atoms with Crippen molar-refractivity contribution in [3.05, 3.63) is 34.9 Å². The van der Waals surface area contributed by atoms with Crippen molar-refractivity contribution in [3.63, 3.8) is 0 Å². The summed E-state index contributed by atoms with van der Waals surface area (Å²) in [5.74, 6) is -2.04. The first-order valence-electron chi connectivity index (χ1n) is 6.71. The molecule has 1 unspecified atom stereocenters. The van der Waals surface area contributed by atoms with Gasteiger partial charge in [0.2, 0.25) is 0 Å². The molecular weight excluding hydrogens is 264 g/mol. The van der Waals surface area contributed by atoms with E-state index in [1.54, 1.807) is 0 Å². The summed E-state index contributed by atoms with van der Waals surface area (Å²) in [4.78, 5) is 25.4. The topological polar surface area (TPSA) is 37.4 Å². The number of halogens is 2. The summed E-state index contributed by atoms with van der Waals surface area (Å²) in [6, 6.07) is 1.96. The van der Waals surface area contributed by atoms with Crippen LogP contribution in [0.4, 0.5) is 8.78 Å². The molecule has 0 spiro atoms. The average molecular weight is 281 g/mol. The van der Waals surface area contributed by atoms with Crippen molar-refractivity contribution in [1.29, 1.82) is 0 Å². The molecule has 5 heteroatoms. The van der Waals surface area contributed by atoms with Gasteiger partial charge in [0, 0.05) is 31.5 Å². The Kier molecular flexibility index (Phi) is 4.16. The Hall–Kier alpha value is -1.78. The number of amides is 1. The number of likely N-dealkylation sites (tertiary alicyclic amines) is 1. The second-order valence-electron chi connectivity index (χ2n) is 5.15. The minimum absolute atomic E-state index is 0.131. The third kappa shape index (κ3) is 2.71. The smallest absolute Gasteiger partial charge is 0.256 e. The average Bonchev–Trinajstić information content (AvgIpc) is 2.42. The number of aryl methyl sites for hydroxylation is 1. The third-order valence-electron chi connectivity index (χ3n) is 3.78. The quantitative estimate of drug-likeness (QED) is 0.836. The lowest BCUT2D eigenvalue weighted by Gasteiger charge is -2.31. The van der Waals surface area contributed by atoms with Gasteiger partial charge in [-0.2, -0.15) is 0 Å². The number of carbonyl (C=O) groups is 2. The number of hydrogen-bond donors (Lipinski definition) is 0. The van der Waals surface area contributed by atoms with Crippen molar-refractivity contribution in [1.82, 2.24) is 4.90 Å². The zero-order chi connectivity index (χ0) is 14.9. The van der Waals surface area contributed by atoms with Gasteiger partial charge in [0.05, 0.1) is 5.56 Å². The molecule has 0 N–H and O–H groups in total. The molecule has 1 aliphatic heterocycles. The SMILES string of the molecule is CCC1CN(C(=O)c2cc(C)c(F)cc2F)CCC1=O. The van der Waals surface area contributed by atoms with Crippen molar-refractivity contribution in [2.24, 2.45) is 5.92 Å². The molecule has 1 aromatic carbocycles. The molecule has 1 saturated heterocycles. The Balaban J connectivity index is 2.24. The molecule has 0 bridgehead atoms. The first kappa shape index (κ1) is 14.6. The van der Waals surface area contributed by atoms with Crippen LogP contribution < -0.4 is 0 Å². The fraction of sp³-hybridized carbons (Fsp3) is 0.467. The van der Waals surface area contributed by atoms with Crippen LogP contribution in [0.2, 0.25) is 0 Å². The fourth-order valence-electron chi connectivity index (χ4n) is 2.44. The summed E-state index contributed by atoms with van der Waals surface area (Å²) in [5, 5.41) is 0. The molecule has 20 heavy (non-hydrogen) atoms. The van der Waals surface area contributed by atoms with Crippen LogP contribution in [0.25, 0.3) is 0 Å². The molecule has 3 nitrogen and oxygen atoms in total. The highest BCUT2D eigenvalue weighted by Crippen LogP contribution is 2.21. The van der Waals surface area contributed by atoms with E-state index < -0.39 is 17.5 Å². The van der Waals surface area contributed by atoms with Crippen LogP contribution >= 0.6 is 0 Å². The minimum Gasteiger partial charge on any atom is -0.337 e. The van der Waals surface area contributed by atoms with Crippen LogP contribution in [0.5, 0.6) is 0 Å². The highest BCUT2D eigenvalue weighted by atomic mass is 19.1. The number of nitrogens with zero attached hydrogens (tertiary/aromatic N) is 1. The third-order valence-corrected chi connectivity index (χ3v) is 3.78. The van der Waals surface area contributed by atoms with Gasteiger partial charge in [0.1, 0.15) is 17.4 Å². The van der Waals surface area contributed by atoms with Crippen LogP contribution in [-0.2, 0) is 4.79 Å². The van der Waals surface area contributed by atoms with E-state index in [1.807, 2.05) is 6.92 Å². The maximum atomic E-state index is 13.7. The monoisotopic (exact) mass is 281 g/mol. The van der Waals surface area contributed by atoms with Gasteiger partial charge in [-0.05, 0) is 25.0 Å². The molecule has 0 aliphatic carbocycles. The van der Waals surface area contributed by atoms with Crippen molar-refractivity contribution >= 4 is 11.7 Å². The number of rotatable bonds is 2. The van der Waals surface area contributed by atoms with E-state index in [2.05, 4.69) is 0 Å². The summed E-state index contributed by atoms with van der Waals surface area (Å²) >= 11 is 0. The highest BCUT2D eigenvalue weighted by molar-refractivity contribution is 5.96. The van der Waals surface area contributed by atoms with Gasteiger partial charge in [-0.3, -0.25) is 9.59 Å². The molecule has 1 heterocycles. The Bertz CT molecular complexity index is 557. The van der Waals surface area contributed by atoms with Crippen molar-refractivity contribution in [2.75, 3.05) is 13.1 Å². The van der Waals surface area contributed by atoms with E-state index in [0.29, 0.717) is 25.9 Å². The highest BCUT2D eigenvalue weighted by Gasteiger charge is 2.30. The van der Waals surface area contributed by atoms with Gasteiger partial charge >= 0.3 is 0 Å². The molecule has 1 amide bonds. The van der Waals surface area contributed by atoms with Gasteiger partial charge in [-0.15, -0.1) is 0 Å². The van der Waals surface area contributed by atoms with Gasteiger partial charge < -0.3 is 4.90 Å². The van der Waals surface area contributed by atoms with Gasteiger partial charge in [0.15, 0.2) is 0 Å². The zero-order valence-corrected chi connectivity index (χ0v) is 11.6. The van der Waals surface area contributed by atoms with Gasteiger partial charge in [-0.1, -0.05) is 6.92 Å². The molecule has 1 atom stereocenters. The number of hydrogen-bond acceptors (Lipinski definition) is 2. The molecule has 0 saturated carbocycles. The predicted octanol–water partition coefficient (Wildman–Crippen LogP) is 2.71. The summed E-state index contributed by atoms with van der Waals surface area (Å²) in [6.45, 7) is 3.98. The maximum absolute atomic E-state index is 13.7. The molecule has 1 fully saturated rings. The number of benzene rings is 1. The summed E-state index contributed by atoms with van der Waals surface area (Å²) in [7, 11) is 0. The second kappa shape index (κ2) is 5.69. The number of Topliss-reactive ketones (excluding diaryl/α,β-unsaturated/α-hetero) is 1. The Morgan fingerprint density at radius 2 is 2.05 bits per heavy atom. The molecule has 0 aromatic heterocycles. The van der Waals surface area contributed by atoms with Crippen LogP contribution in [-0.4, -0.2) is 29.7 Å². The lowest BCUT2D eigenvalue weighted by Crippen LogP contribution is -2.44. The number of carbonyl (C=O) groups excluding carboxylic acids is 2. The predicted molar refractivity (Wildman–Crippen MR) is 70.4 cm³/mol. The van der Waals surface area contributed by atoms with Crippen LogP contribution in [0.1, 0.15) is 35.7 Å². The van der Waals surface area contributed by atoms with Crippen molar-refractivity contribution < 1.29 is 18.4 Å². The minimum atomic E-state index is -0.858. The van der Waals surface area contributed by atoms with E-state index in [9.17, 15) is 18.4 Å². The molecule has 2 rings (SSSR count). The largest absolute Gasteiger partial charge is 0.337 e. The number of piperidine rings is 1. The maximum Gasteiger partial charge on any atom is 0.256 e. The number of ketones is 1. The van der Waals surface area contributed by atoms with Gasteiger partial charge in [-0.25, -0.2) is 8.78 Å². The Labute approximate surface area is 116 Å². The van der Waals surface area contributed by atoms with E-state index in [4.69, 9.17) is 0 Å². The fourth-order valence-corrected chi connectivity index (χ4v) is 2.44. The van der Waals surface area contributed by atoms with E-state index >= 15 is 0 Å². The van der Waals surface area contributed by atoms with Crippen LogP contribution in [0.3, 0.4) is 0 Å². The normalized spacial score (nSPS) is 19.3. The standard InChI is InChI=1S/C15H17F2NO2/c1-3-10-8-18(5-4-14(10)19)15(20)11-6-9(2)12(16)7-13(11)17/h6-7,10H,3-5,8H2,1-2H3. The summed E-state index contributed by atoms with van der Waals surface area (Å²) in [6.07, 6.45) is 0.958. The Morgan fingerprint density at radius 3 is 2.70 bits per heavy atom. The van der Waals surface area contributed by atoms with E-state index in [1.165, 1.54) is 17.9 Å². The van der Waals surface area contributed by atoms with Crippen LogP contribution in [0.15, 0.2) is 12.1 Å². The molecular formula is C15H17F2NO2. The molecule has 0 radical (unpaired) electrons.